The third kappa shape index (κ3) is 4.22. The lowest BCUT2D eigenvalue weighted by molar-refractivity contribution is 0.101. The molecule has 0 atom stereocenters. The van der Waals surface area contributed by atoms with Gasteiger partial charge in [0.25, 0.3) is 0 Å². The minimum Gasteiger partial charge on any atom is -0.477 e. The topological polar surface area (TPSA) is 59.7 Å². The predicted octanol–water partition coefficient (Wildman–Crippen LogP) is 3.85. The number of hydrogen-bond donors (Lipinski definition) is 0. The fraction of sp³-hybridized carbons (Fsp3) is 0.409. The fourth-order valence-electron chi connectivity index (χ4n) is 3.68. The van der Waals surface area contributed by atoms with Gasteiger partial charge in [0.15, 0.2) is 11.4 Å². The van der Waals surface area contributed by atoms with Crippen LogP contribution in [0.1, 0.15) is 43.0 Å². The summed E-state index contributed by atoms with van der Waals surface area (Å²) in [4.78, 5) is 18.6. The van der Waals surface area contributed by atoms with Crippen LogP contribution in [0.5, 0.6) is 5.88 Å². The lowest BCUT2D eigenvalue weighted by Gasteiger charge is -2.26. The van der Waals surface area contributed by atoms with Crippen molar-refractivity contribution >= 4 is 11.4 Å². The molecule has 0 aliphatic carbocycles. The second-order valence-corrected chi connectivity index (χ2v) is 7.33. The average Bonchev–Trinajstić information content (AvgIpc) is 3.15. The van der Waals surface area contributed by atoms with Crippen LogP contribution in [0.15, 0.2) is 42.6 Å². The van der Waals surface area contributed by atoms with Crippen molar-refractivity contribution in [1.82, 2.24) is 19.5 Å². The van der Waals surface area contributed by atoms with Gasteiger partial charge in [0.2, 0.25) is 5.88 Å². The molecule has 3 aromatic rings. The zero-order valence-electron chi connectivity index (χ0n) is 16.3. The van der Waals surface area contributed by atoms with Crippen LogP contribution in [0.2, 0.25) is 0 Å². The van der Waals surface area contributed by atoms with Crippen LogP contribution in [-0.2, 0) is 0 Å². The van der Waals surface area contributed by atoms with Crippen LogP contribution in [0.4, 0.5) is 0 Å². The van der Waals surface area contributed by atoms with Gasteiger partial charge in [-0.05, 0) is 51.4 Å². The third-order valence-corrected chi connectivity index (χ3v) is 5.22. The van der Waals surface area contributed by atoms with Crippen molar-refractivity contribution < 1.29 is 9.53 Å². The minimum atomic E-state index is 0.0429. The highest BCUT2D eigenvalue weighted by Crippen LogP contribution is 2.22. The zero-order chi connectivity index (χ0) is 19.3. The molecule has 1 aliphatic heterocycles. The molecule has 0 N–H and O–H groups in total. The highest BCUT2D eigenvalue weighted by Gasteiger charge is 2.11. The van der Waals surface area contributed by atoms with Gasteiger partial charge < -0.3 is 9.64 Å². The number of aromatic nitrogens is 3. The van der Waals surface area contributed by atoms with E-state index < -0.39 is 0 Å². The standard InChI is InChI=1S/C22H26N4O2/c1-17(27)18-7-5-8-19(15-18)20-16-23-21-9-10-22(24-26(20)21)28-14-6-13-25-11-3-2-4-12-25/h5,7-10,15-16H,2-4,6,11-14H2,1H3. The number of carbonyl (C=O) groups is 1. The van der Waals surface area contributed by atoms with Crippen molar-refractivity contribution in [2.45, 2.75) is 32.6 Å². The Hall–Kier alpha value is -2.73. The number of carbonyl (C=O) groups excluding carboxylic acids is 1. The number of benzene rings is 1. The Morgan fingerprint density at radius 2 is 2.00 bits per heavy atom. The molecule has 0 unspecified atom stereocenters. The largest absolute Gasteiger partial charge is 0.477 e. The SMILES string of the molecule is CC(=O)c1cccc(-c2cnc3ccc(OCCCN4CCCCC4)nn23)c1. The minimum absolute atomic E-state index is 0.0429. The summed E-state index contributed by atoms with van der Waals surface area (Å²) in [6, 6.07) is 11.3. The van der Waals surface area contributed by atoms with Crippen molar-refractivity contribution in [3.8, 4) is 17.1 Å². The molecule has 0 radical (unpaired) electrons. The molecule has 0 saturated carbocycles. The first kappa shape index (κ1) is 18.6. The van der Waals surface area contributed by atoms with Gasteiger partial charge in [-0.2, -0.15) is 0 Å². The Labute approximate surface area is 165 Å². The van der Waals surface area contributed by atoms with Crippen molar-refractivity contribution in [3.05, 3.63) is 48.2 Å². The van der Waals surface area contributed by atoms with Crippen molar-refractivity contribution in [3.63, 3.8) is 0 Å². The molecule has 1 aliphatic rings. The second-order valence-electron chi connectivity index (χ2n) is 7.33. The molecule has 0 bridgehead atoms. The Balaban J connectivity index is 1.45. The molecule has 3 heterocycles. The average molecular weight is 378 g/mol. The molecular weight excluding hydrogens is 352 g/mol. The Kier molecular flexibility index (Phi) is 5.67. The van der Waals surface area contributed by atoms with Gasteiger partial charge >= 0.3 is 0 Å². The number of rotatable bonds is 7. The number of likely N-dealkylation sites (tertiary alicyclic amines) is 1. The Bertz CT molecular complexity index is 960. The van der Waals surface area contributed by atoms with E-state index in [1.807, 2.05) is 36.4 Å². The summed E-state index contributed by atoms with van der Waals surface area (Å²) in [6.07, 6.45) is 6.76. The predicted molar refractivity (Wildman–Crippen MR) is 109 cm³/mol. The van der Waals surface area contributed by atoms with E-state index in [1.54, 1.807) is 17.6 Å². The van der Waals surface area contributed by atoms with Crippen LogP contribution >= 0.6 is 0 Å². The molecule has 146 valence electrons. The van der Waals surface area contributed by atoms with Gasteiger partial charge in [0.1, 0.15) is 0 Å². The molecule has 0 spiro atoms. The summed E-state index contributed by atoms with van der Waals surface area (Å²) >= 11 is 0. The van der Waals surface area contributed by atoms with E-state index in [9.17, 15) is 4.79 Å². The van der Waals surface area contributed by atoms with Crippen LogP contribution in [0.25, 0.3) is 16.9 Å². The van der Waals surface area contributed by atoms with Crippen LogP contribution in [0.3, 0.4) is 0 Å². The van der Waals surface area contributed by atoms with E-state index in [-0.39, 0.29) is 5.78 Å². The van der Waals surface area contributed by atoms with Gasteiger partial charge in [0.05, 0.1) is 18.5 Å². The van der Waals surface area contributed by atoms with Gasteiger partial charge in [-0.25, -0.2) is 9.50 Å². The van der Waals surface area contributed by atoms with Crippen molar-refractivity contribution in [2.75, 3.05) is 26.2 Å². The molecular formula is C22H26N4O2. The molecule has 4 rings (SSSR count). The van der Waals surface area contributed by atoms with Gasteiger partial charge in [-0.15, -0.1) is 5.10 Å². The van der Waals surface area contributed by atoms with E-state index in [4.69, 9.17) is 4.74 Å². The Morgan fingerprint density at radius 1 is 1.14 bits per heavy atom. The van der Waals surface area contributed by atoms with E-state index >= 15 is 0 Å². The molecule has 1 saturated heterocycles. The second kappa shape index (κ2) is 8.52. The maximum atomic E-state index is 11.7. The van der Waals surface area contributed by atoms with Crippen molar-refractivity contribution in [2.24, 2.45) is 0 Å². The first-order valence-electron chi connectivity index (χ1n) is 10.0. The van der Waals surface area contributed by atoms with Crippen LogP contribution in [0, 0.1) is 0 Å². The third-order valence-electron chi connectivity index (χ3n) is 5.22. The molecule has 1 aromatic carbocycles. The smallest absolute Gasteiger partial charge is 0.231 e. The number of ether oxygens (including phenoxy) is 1. The van der Waals surface area contributed by atoms with Gasteiger partial charge in [-0.1, -0.05) is 24.6 Å². The number of ketones is 1. The van der Waals surface area contributed by atoms with E-state index in [0.717, 1.165) is 29.9 Å². The Morgan fingerprint density at radius 3 is 2.82 bits per heavy atom. The quantitative estimate of drug-likeness (QED) is 0.462. The number of hydrogen-bond acceptors (Lipinski definition) is 5. The van der Waals surface area contributed by atoms with Crippen LogP contribution in [-0.4, -0.2) is 51.5 Å². The number of nitrogens with zero attached hydrogens (tertiary/aromatic N) is 4. The fourth-order valence-corrected chi connectivity index (χ4v) is 3.68. The highest BCUT2D eigenvalue weighted by molar-refractivity contribution is 5.95. The van der Waals surface area contributed by atoms with E-state index in [2.05, 4.69) is 15.0 Å². The van der Waals surface area contributed by atoms with Crippen LogP contribution < -0.4 is 4.74 Å². The van der Waals surface area contributed by atoms with Crippen molar-refractivity contribution in [1.29, 1.82) is 0 Å². The number of imidazole rings is 1. The summed E-state index contributed by atoms with van der Waals surface area (Å²) in [6.45, 7) is 5.72. The molecule has 2 aromatic heterocycles. The molecule has 6 heteroatoms. The lowest BCUT2D eigenvalue weighted by Crippen LogP contribution is -2.31. The lowest BCUT2D eigenvalue weighted by atomic mass is 10.1. The molecule has 6 nitrogen and oxygen atoms in total. The summed E-state index contributed by atoms with van der Waals surface area (Å²) in [5.41, 5.74) is 3.19. The van der Waals surface area contributed by atoms with E-state index in [1.165, 1.54) is 32.4 Å². The zero-order valence-corrected chi connectivity index (χ0v) is 16.3. The summed E-state index contributed by atoms with van der Waals surface area (Å²) in [7, 11) is 0. The number of Topliss-reactive ketones (excluding diaryl/α,β-unsaturated/α-hetero) is 1. The molecule has 0 amide bonds. The molecule has 28 heavy (non-hydrogen) atoms. The monoisotopic (exact) mass is 378 g/mol. The summed E-state index contributed by atoms with van der Waals surface area (Å²) in [5, 5.41) is 4.60. The highest BCUT2D eigenvalue weighted by atomic mass is 16.5. The first-order chi connectivity index (χ1) is 13.7. The maximum absolute atomic E-state index is 11.7. The summed E-state index contributed by atoms with van der Waals surface area (Å²) < 4.78 is 7.66. The van der Waals surface area contributed by atoms with E-state index in [0.29, 0.717) is 18.1 Å². The van der Waals surface area contributed by atoms with Gasteiger partial charge in [-0.3, -0.25) is 4.79 Å². The molecule has 1 fully saturated rings. The maximum Gasteiger partial charge on any atom is 0.231 e. The first-order valence-corrected chi connectivity index (χ1v) is 10.0. The number of piperidine rings is 1. The normalized spacial score (nSPS) is 15.0. The number of fused-ring (bicyclic) bond motifs is 1. The van der Waals surface area contributed by atoms with Gasteiger partial charge in [0, 0.05) is 23.7 Å². The summed E-state index contributed by atoms with van der Waals surface area (Å²) in [5.74, 6) is 0.634.